The number of nitrogens with one attached hydrogen (secondary N) is 1. The van der Waals surface area contributed by atoms with Crippen LogP contribution < -0.4 is 5.32 Å². The van der Waals surface area contributed by atoms with E-state index in [1.807, 2.05) is 36.9 Å². The highest BCUT2D eigenvalue weighted by Crippen LogP contribution is 2.17. The first-order valence-corrected chi connectivity index (χ1v) is 5.63. The first-order valence-electron chi connectivity index (χ1n) is 5.63. The van der Waals surface area contributed by atoms with E-state index in [0.717, 1.165) is 23.4 Å². The van der Waals surface area contributed by atoms with Gasteiger partial charge in [-0.2, -0.15) is 5.10 Å². The molecule has 0 saturated heterocycles. The van der Waals surface area contributed by atoms with Crippen LogP contribution in [0, 0.1) is 6.92 Å². The molecule has 0 saturated carbocycles. The van der Waals surface area contributed by atoms with E-state index >= 15 is 0 Å². The van der Waals surface area contributed by atoms with Crippen molar-refractivity contribution in [1.82, 2.24) is 15.1 Å². The normalized spacial score (nSPS) is 10.7. The van der Waals surface area contributed by atoms with Crippen LogP contribution >= 0.6 is 0 Å². The summed E-state index contributed by atoms with van der Waals surface area (Å²) in [4.78, 5) is 0. The lowest BCUT2D eigenvalue weighted by Gasteiger charge is -2.08. The molecule has 0 aliphatic heterocycles. The van der Waals surface area contributed by atoms with Gasteiger partial charge in [-0.25, -0.2) is 0 Å². The van der Waals surface area contributed by atoms with Gasteiger partial charge in [-0.3, -0.25) is 4.68 Å². The lowest BCUT2D eigenvalue weighted by Crippen LogP contribution is -2.15. The van der Waals surface area contributed by atoms with Gasteiger partial charge in [-0.15, -0.1) is 0 Å². The second-order valence-corrected chi connectivity index (χ2v) is 4.18. The molecular formula is C13H17N3O. The fourth-order valence-electron chi connectivity index (χ4n) is 1.76. The van der Waals surface area contributed by atoms with Crippen molar-refractivity contribution in [2.24, 2.45) is 7.05 Å². The Hall–Kier alpha value is -1.81. The molecular weight excluding hydrogens is 214 g/mol. The van der Waals surface area contributed by atoms with Crippen molar-refractivity contribution in [2.45, 2.75) is 20.0 Å². The number of rotatable bonds is 4. The third-order valence-electron chi connectivity index (χ3n) is 2.78. The van der Waals surface area contributed by atoms with Crippen LogP contribution in [0.4, 0.5) is 0 Å². The number of hydrogen-bond donors (Lipinski definition) is 2. The largest absolute Gasteiger partial charge is 0.508 e. The van der Waals surface area contributed by atoms with Crippen LogP contribution in [0.5, 0.6) is 5.75 Å². The van der Waals surface area contributed by atoms with Crippen molar-refractivity contribution in [3.63, 3.8) is 0 Å². The van der Waals surface area contributed by atoms with E-state index in [9.17, 15) is 5.11 Å². The van der Waals surface area contributed by atoms with E-state index in [-0.39, 0.29) is 0 Å². The van der Waals surface area contributed by atoms with Crippen molar-refractivity contribution in [1.29, 1.82) is 0 Å². The van der Waals surface area contributed by atoms with Crippen LogP contribution in [-0.2, 0) is 20.1 Å². The molecule has 4 heteroatoms. The van der Waals surface area contributed by atoms with E-state index in [1.165, 1.54) is 0 Å². The summed E-state index contributed by atoms with van der Waals surface area (Å²) < 4.78 is 1.84. The number of nitrogens with zero attached hydrogens (tertiary/aromatic N) is 2. The van der Waals surface area contributed by atoms with Gasteiger partial charge in [0.15, 0.2) is 0 Å². The maximum absolute atomic E-state index is 9.69. The van der Waals surface area contributed by atoms with Crippen LogP contribution in [0.25, 0.3) is 0 Å². The summed E-state index contributed by atoms with van der Waals surface area (Å²) in [6.07, 6.45) is 1.78. The Balaban J connectivity index is 1.94. The SMILES string of the molecule is Cc1ccc(O)c(CNCc2ccnn2C)c1. The minimum absolute atomic E-state index is 0.341. The predicted octanol–water partition coefficient (Wildman–Crippen LogP) is 1.72. The van der Waals surface area contributed by atoms with Crippen molar-refractivity contribution < 1.29 is 5.11 Å². The van der Waals surface area contributed by atoms with Crippen LogP contribution in [0.2, 0.25) is 0 Å². The monoisotopic (exact) mass is 231 g/mol. The van der Waals surface area contributed by atoms with Crippen molar-refractivity contribution in [2.75, 3.05) is 0 Å². The summed E-state index contributed by atoms with van der Waals surface area (Å²) in [7, 11) is 1.92. The van der Waals surface area contributed by atoms with Gasteiger partial charge in [0.1, 0.15) is 5.75 Å². The fraction of sp³-hybridized carbons (Fsp3) is 0.308. The molecule has 0 spiro atoms. The Morgan fingerprint density at radius 3 is 2.82 bits per heavy atom. The van der Waals surface area contributed by atoms with E-state index in [1.54, 1.807) is 12.3 Å². The summed E-state index contributed by atoms with van der Waals surface area (Å²) in [5, 5.41) is 17.1. The average Bonchev–Trinajstić information content (AvgIpc) is 2.70. The highest BCUT2D eigenvalue weighted by atomic mass is 16.3. The van der Waals surface area contributed by atoms with Gasteiger partial charge < -0.3 is 10.4 Å². The van der Waals surface area contributed by atoms with E-state index in [0.29, 0.717) is 12.3 Å². The number of phenolic OH excluding ortho intramolecular Hbond substituents is 1. The van der Waals surface area contributed by atoms with Crippen LogP contribution in [0.1, 0.15) is 16.8 Å². The maximum atomic E-state index is 9.69. The molecule has 2 aromatic rings. The Kier molecular flexibility index (Phi) is 3.44. The first-order chi connectivity index (χ1) is 8.16. The number of phenols is 1. The molecule has 2 rings (SSSR count). The maximum Gasteiger partial charge on any atom is 0.120 e. The summed E-state index contributed by atoms with van der Waals surface area (Å²) in [5.41, 5.74) is 3.20. The molecule has 0 fully saturated rings. The van der Waals surface area contributed by atoms with E-state index in [2.05, 4.69) is 10.4 Å². The minimum atomic E-state index is 0.341. The lowest BCUT2D eigenvalue weighted by molar-refractivity contribution is 0.463. The molecule has 0 atom stereocenters. The molecule has 0 amide bonds. The number of benzene rings is 1. The number of aromatic hydroxyl groups is 1. The van der Waals surface area contributed by atoms with Crippen LogP contribution in [0.15, 0.2) is 30.5 Å². The molecule has 17 heavy (non-hydrogen) atoms. The summed E-state index contributed by atoms with van der Waals surface area (Å²) in [6.45, 7) is 3.41. The number of hydrogen-bond acceptors (Lipinski definition) is 3. The predicted molar refractivity (Wildman–Crippen MR) is 66.6 cm³/mol. The Bertz CT molecular complexity index is 505. The summed E-state index contributed by atoms with van der Waals surface area (Å²) in [5.74, 6) is 0.341. The van der Waals surface area contributed by atoms with Crippen LogP contribution in [-0.4, -0.2) is 14.9 Å². The zero-order valence-electron chi connectivity index (χ0n) is 10.1. The molecule has 0 aliphatic rings. The molecule has 0 aliphatic carbocycles. The van der Waals surface area contributed by atoms with Crippen molar-refractivity contribution >= 4 is 0 Å². The quantitative estimate of drug-likeness (QED) is 0.842. The second kappa shape index (κ2) is 5.01. The molecule has 0 radical (unpaired) electrons. The zero-order valence-corrected chi connectivity index (χ0v) is 10.1. The topological polar surface area (TPSA) is 50.1 Å². The molecule has 0 unspecified atom stereocenters. The molecule has 1 heterocycles. The summed E-state index contributed by atoms with van der Waals surface area (Å²) in [6, 6.07) is 7.60. The van der Waals surface area contributed by atoms with Crippen molar-refractivity contribution in [3.8, 4) is 5.75 Å². The summed E-state index contributed by atoms with van der Waals surface area (Å²) >= 11 is 0. The van der Waals surface area contributed by atoms with Gasteiger partial charge in [0.05, 0.1) is 5.69 Å². The molecule has 1 aromatic heterocycles. The standard InChI is InChI=1S/C13H17N3O/c1-10-3-4-13(17)11(7-10)8-14-9-12-5-6-15-16(12)2/h3-7,14,17H,8-9H2,1-2H3. The number of aromatic nitrogens is 2. The molecule has 2 N–H and O–H groups in total. The average molecular weight is 231 g/mol. The molecule has 4 nitrogen and oxygen atoms in total. The Labute approximate surface area is 101 Å². The smallest absolute Gasteiger partial charge is 0.120 e. The van der Waals surface area contributed by atoms with Gasteiger partial charge >= 0.3 is 0 Å². The van der Waals surface area contributed by atoms with Crippen LogP contribution in [0.3, 0.4) is 0 Å². The highest BCUT2D eigenvalue weighted by Gasteiger charge is 2.02. The van der Waals surface area contributed by atoms with Gasteiger partial charge in [0.2, 0.25) is 0 Å². The first kappa shape index (κ1) is 11.7. The van der Waals surface area contributed by atoms with Gasteiger partial charge in [0.25, 0.3) is 0 Å². The number of aryl methyl sites for hydroxylation is 2. The fourth-order valence-corrected chi connectivity index (χ4v) is 1.76. The second-order valence-electron chi connectivity index (χ2n) is 4.18. The van der Waals surface area contributed by atoms with Gasteiger partial charge in [-0.1, -0.05) is 17.7 Å². The molecule has 0 bridgehead atoms. The van der Waals surface area contributed by atoms with Crippen molar-refractivity contribution in [3.05, 3.63) is 47.3 Å². The van der Waals surface area contributed by atoms with E-state index < -0.39 is 0 Å². The Morgan fingerprint density at radius 1 is 1.29 bits per heavy atom. The minimum Gasteiger partial charge on any atom is -0.508 e. The zero-order chi connectivity index (χ0) is 12.3. The van der Waals surface area contributed by atoms with Gasteiger partial charge in [0, 0.05) is 31.9 Å². The van der Waals surface area contributed by atoms with Gasteiger partial charge in [-0.05, 0) is 19.1 Å². The third kappa shape index (κ3) is 2.85. The highest BCUT2D eigenvalue weighted by molar-refractivity contribution is 5.35. The molecule has 90 valence electrons. The molecule has 1 aromatic carbocycles. The third-order valence-corrected chi connectivity index (χ3v) is 2.78. The lowest BCUT2D eigenvalue weighted by atomic mass is 10.1. The van der Waals surface area contributed by atoms with E-state index in [4.69, 9.17) is 0 Å². The Morgan fingerprint density at radius 2 is 2.12 bits per heavy atom.